The molecule has 0 spiro atoms. The molecule has 0 saturated carbocycles. The van der Waals surface area contributed by atoms with Crippen molar-refractivity contribution in [2.75, 3.05) is 31.1 Å². The molecule has 0 unspecified atom stereocenters. The van der Waals surface area contributed by atoms with Crippen LogP contribution in [0.1, 0.15) is 42.9 Å². The number of rotatable bonds is 2. The smallest absolute Gasteiger partial charge is 0.149 e. The van der Waals surface area contributed by atoms with Crippen LogP contribution in [0.3, 0.4) is 0 Å². The molecule has 0 aliphatic carbocycles. The Balaban J connectivity index is 2.07. The van der Waals surface area contributed by atoms with Gasteiger partial charge in [0.05, 0.1) is 5.56 Å². The Kier molecular flexibility index (Phi) is 4.32. The van der Waals surface area contributed by atoms with Gasteiger partial charge in [-0.2, -0.15) is 5.26 Å². The van der Waals surface area contributed by atoms with Gasteiger partial charge in [-0.25, -0.2) is 4.98 Å². The lowest BCUT2D eigenvalue weighted by Gasteiger charge is -2.35. The van der Waals surface area contributed by atoms with Crippen LogP contribution in [0.4, 0.5) is 5.82 Å². The normalized spacial score (nSPS) is 19.2. The van der Waals surface area contributed by atoms with Crippen LogP contribution < -0.4 is 4.90 Å². The van der Waals surface area contributed by atoms with Gasteiger partial charge in [0.25, 0.3) is 0 Å². The van der Waals surface area contributed by atoms with Crippen LogP contribution in [0.2, 0.25) is 5.15 Å². The summed E-state index contributed by atoms with van der Waals surface area (Å²) in [6.45, 7) is 7.19. The summed E-state index contributed by atoms with van der Waals surface area (Å²) >= 11 is 6.28. The number of anilines is 1. The van der Waals surface area contributed by atoms with Crippen LogP contribution in [0, 0.1) is 11.3 Å². The number of hydrogen-bond donors (Lipinski definition) is 0. The minimum absolute atomic E-state index is 0.377. The average Bonchev–Trinajstić information content (AvgIpc) is 2.54. The molecule has 0 amide bonds. The van der Waals surface area contributed by atoms with Crippen LogP contribution in [0.5, 0.6) is 0 Å². The maximum atomic E-state index is 9.40. The lowest BCUT2D eigenvalue weighted by Crippen LogP contribution is -2.36. The van der Waals surface area contributed by atoms with Crippen molar-refractivity contribution in [3.63, 3.8) is 0 Å². The Hall–Kier alpha value is -1.31. The molecule has 4 nitrogen and oxygen atoms in total. The fourth-order valence-electron chi connectivity index (χ4n) is 3.39. The second kappa shape index (κ2) is 6.21. The van der Waals surface area contributed by atoms with Crippen molar-refractivity contribution in [2.24, 2.45) is 0 Å². The highest BCUT2D eigenvalue weighted by molar-refractivity contribution is 6.30. The molecular formula is C16H21ClN4. The van der Waals surface area contributed by atoms with E-state index in [1.807, 2.05) is 0 Å². The van der Waals surface area contributed by atoms with E-state index < -0.39 is 0 Å². The van der Waals surface area contributed by atoms with E-state index in [2.05, 4.69) is 27.8 Å². The van der Waals surface area contributed by atoms with E-state index in [0.717, 1.165) is 50.5 Å². The van der Waals surface area contributed by atoms with Gasteiger partial charge in [-0.15, -0.1) is 0 Å². The van der Waals surface area contributed by atoms with Crippen LogP contribution in [0.15, 0.2) is 0 Å². The van der Waals surface area contributed by atoms with Crippen molar-refractivity contribution in [3.8, 4) is 6.07 Å². The second-order valence-corrected chi connectivity index (χ2v) is 6.19. The Morgan fingerprint density at radius 3 is 2.62 bits per heavy atom. The molecule has 21 heavy (non-hydrogen) atoms. The summed E-state index contributed by atoms with van der Waals surface area (Å²) < 4.78 is 0. The predicted octanol–water partition coefficient (Wildman–Crippen LogP) is 2.97. The summed E-state index contributed by atoms with van der Waals surface area (Å²) in [6, 6.07) is 2.25. The minimum Gasteiger partial charge on any atom is -0.356 e. The van der Waals surface area contributed by atoms with Gasteiger partial charge in [-0.05, 0) is 37.8 Å². The number of fused-ring (bicyclic) bond motifs is 1. The van der Waals surface area contributed by atoms with E-state index in [1.165, 1.54) is 24.8 Å². The monoisotopic (exact) mass is 304 g/mol. The molecular weight excluding hydrogens is 284 g/mol. The van der Waals surface area contributed by atoms with Crippen molar-refractivity contribution < 1.29 is 0 Å². The molecule has 1 saturated heterocycles. The van der Waals surface area contributed by atoms with Crippen LogP contribution >= 0.6 is 11.6 Å². The molecule has 0 atom stereocenters. The Labute approximate surface area is 131 Å². The SMILES string of the molecule is CCN1CCc2c(C#N)c(Cl)nc(N3CCCCC3)c2C1. The second-order valence-electron chi connectivity index (χ2n) is 5.84. The number of halogens is 1. The molecule has 1 aromatic heterocycles. The quantitative estimate of drug-likeness (QED) is 0.788. The number of likely N-dealkylation sites (N-methyl/N-ethyl adjacent to an activating group) is 1. The lowest BCUT2D eigenvalue weighted by atomic mass is 9.95. The first kappa shape index (κ1) is 14.6. The van der Waals surface area contributed by atoms with E-state index in [1.54, 1.807) is 0 Å². The van der Waals surface area contributed by atoms with Gasteiger partial charge in [0.2, 0.25) is 0 Å². The zero-order valence-corrected chi connectivity index (χ0v) is 13.3. The maximum Gasteiger partial charge on any atom is 0.149 e. The molecule has 0 N–H and O–H groups in total. The van der Waals surface area contributed by atoms with E-state index in [9.17, 15) is 5.26 Å². The Morgan fingerprint density at radius 1 is 1.19 bits per heavy atom. The van der Waals surface area contributed by atoms with Crippen molar-refractivity contribution in [1.29, 1.82) is 5.26 Å². The number of hydrogen-bond acceptors (Lipinski definition) is 4. The van der Waals surface area contributed by atoms with Gasteiger partial charge in [0, 0.05) is 31.7 Å². The molecule has 2 aliphatic heterocycles. The van der Waals surface area contributed by atoms with E-state index in [4.69, 9.17) is 11.6 Å². The van der Waals surface area contributed by atoms with Crippen molar-refractivity contribution in [2.45, 2.75) is 39.2 Å². The van der Waals surface area contributed by atoms with Gasteiger partial charge < -0.3 is 4.90 Å². The summed E-state index contributed by atoms with van der Waals surface area (Å²) in [4.78, 5) is 9.36. The molecule has 2 aliphatic rings. The number of nitriles is 1. The fourth-order valence-corrected chi connectivity index (χ4v) is 3.63. The third-order valence-corrected chi connectivity index (χ3v) is 4.89. The number of piperidine rings is 1. The highest BCUT2D eigenvalue weighted by Gasteiger charge is 2.27. The average molecular weight is 305 g/mol. The van der Waals surface area contributed by atoms with Crippen LogP contribution in [0.25, 0.3) is 0 Å². The molecule has 1 fully saturated rings. The van der Waals surface area contributed by atoms with Crippen molar-refractivity contribution >= 4 is 17.4 Å². The van der Waals surface area contributed by atoms with Gasteiger partial charge in [-0.3, -0.25) is 4.90 Å². The molecule has 0 aromatic carbocycles. The highest BCUT2D eigenvalue weighted by atomic mass is 35.5. The summed E-state index contributed by atoms with van der Waals surface area (Å²) in [5.74, 6) is 1.02. The van der Waals surface area contributed by atoms with E-state index in [-0.39, 0.29) is 0 Å². The molecule has 1 aromatic rings. The maximum absolute atomic E-state index is 9.40. The third kappa shape index (κ3) is 2.73. The highest BCUT2D eigenvalue weighted by Crippen LogP contribution is 2.34. The van der Waals surface area contributed by atoms with Gasteiger partial charge in [0.1, 0.15) is 17.0 Å². The van der Waals surface area contributed by atoms with Crippen LogP contribution in [-0.4, -0.2) is 36.1 Å². The standard InChI is InChI=1S/C16H21ClN4/c1-2-20-9-6-12-13(10-18)15(17)19-16(14(12)11-20)21-7-4-3-5-8-21/h2-9,11H2,1H3. The first-order valence-electron chi connectivity index (χ1n) is 7.83. The first-order valence-corrected chi connectivity index (χ1v) is 8.21. The topological polar surface area (TPSA) is 43.2 Å². The van der Waals surface area contributed by atoms with Gasteiger partial charge >= 0.3 is 0 Å². The molecule has 0 radical (unpaired) electrons. The Bertz CT molecular complexity index is 573. The van der Waals surface area contributed by atoms with Gasteiger partial charge in [-0.1, -0.05) is 18.5 Å². The van der Waals surface area contributed by atoms with Crippen molar-refractivity contribution in [3.05, 3.63) is 21.8 Å². The van der Waals surface area contributed by atoms with E-state index >= 15 is 0 Å². The summed E-state index contributed by atoms with van der Waals surface area (Å²) in [7, 11) is 0. The molecule has 5 heteroatoms. The summed E-state index contributed by atoms with van der Waals surface area (Å²) in [6.07, 6.45) is 4.62. The van der Waals surface area contributed by atoms with E-state index in [0.29, 0.717) is 10.7 Å². The zero-order chi connectivity index (χ0) is 14.8. The predicted molar refractivity (Wildman–Crippen MR) is 84.7 cm³/mol. The van der Waals surface area contributed by atoms with Gasteiger partial charge in [0.15, 0.2) is 0 Å². The largest absolute Gasteiger partial charge is 0.356 e. The first-order chi connectivity index (χ1) is 10.2. The Morgan fingerprint density at radius 2 is 1.95 bits per heavy atom. The number of nitrogens with zero attached hydrogens (tertiary/aromatic N) is 4. The minimum atomic E-state index is 0.377. The van der Waals surface area contributed by atoms with Crippen molar-refractivity contribution in [1.82, 2.24) is 9.88 Å². The lowest BCUT2D eigenvalue weighted by molar-refractivity contribution is 0.267. The number of aromatic nitrogens is 1. The molecule has 3 rings (SSSR count). The number of pyridine rings is 1. The zero-order valence-electron chi connectivity index (χ0n) is 12.5. The fraction of sp³-hybridized carbons (Fsp3) is 0.625. The third-order valence-electron chi connectivity index (χ3n) is 4.62. The molecule has 3 heterocycles. The molecule has 0 bridgehead atoms. The summed E-state index contributed by atoms with van der Waals surface area (Å²) in [5, 5.41) is 9.77. The molecule has 112 valence electrons. The summed E-state index contributed by atoms with van der Waals surface area (Å²) in [5.41, 5.74) is 2.94. The van der Waals surface area contributed by atoms with Crippen LogP contribution in [-0.2, 0) is 13.0 Å².